The second-order valence-corrected chi connectivity index (χ2v) is 9.98. The van der Waals surface area contributed by atoms with Crippen molar-refractivity contribution in [1.82, 2.24) is 14.9 Å². The molecular formula is C30H31F2N3O3. The fourth-order valence-corrected chi connectivity index (χ4v) is 4.41. The summed E-state index contributed by atoms with van der Waals surface area (Å²) in [6, 6.07) is 14.3. The Bertz CT molecular complexity index is 1460. The molecule has 1 amide bonds. The summed E-state index contributed by atoms with van der Waals surface area (Å²) < 4.78 is 34.5. The van der Waals surface area contributed by atoms with Gasteiger partial charge in [-0.25, -0.2) is 13.6 Å². The van der Waals surface area contributed by atoms with Crippen molar-refractivity contribution in [2.45, 2.75) is 46.7 Å². The number of rotatable bonds is 9. The average Bonchev–Trinajstić information content (AvgIpc) is 3.22. The van der Waals surface area contributed by atoms with Crippen LogP contribution in [0.25, 0.3) is 10.9 Å². The molecule has 0 aliphatic heterocycles. The first-order valence-corrected chi connectivity index (χ1v) is 12.6. The molecule has 6 nitrogen and oxygen atoms in total. The number of hydrogen-bond donors (Lipinski definition) is 1. The van der Waals surface area contributed by atoms with E-state index in [1.54, 1.807) is 24.4 Å². The molecule has 0 aliphatic carbocycles. The highest BCUT2D eigenvalue weighted by Crippen LogP contribution is 2.33. The fourth-order valence-electron chi connectivity index (χ4n) is 4.41. The Morgan fingerprint density at radius 3 is 2.45 bits per heavy atom. The fraction of sp³-hybridized carbons (Fsp3) is 0.300. The maximum atomic E-state index is 13.7. The lowest BCUT2D eigenvalue weighted by Gasteiger charge is -2.15. The minimum absolute atomic E-state index is 0.0279. The zero-order valence-electron chi connectivity index (χ0n) is 21.9. The third kappa shape index (κ3) is 5.90. The lowest BCUT2D eigenvalue weighted by Crippen LogP contribution is -2.24. The molecule has 0 saturated carbocycles. The first-order valence-electron chi connectivity index (χ1n) is 12.6. The van der Waals surface area contributed by atoms with E-state index in [9.17, 15) is 18.4 Å². The number of amides is 1. The second-order valence-electron chi connectivity index (χ2n) is 9.98. The van der Waals surface area contributed by atoms with Gasteiger partial charge in [-0.2, -0.15) is 0 Å². The zero-order valence-corrected chi connectivity index (χ0v) is 21.9. The highest BCUT2D eigenvalue weighted by atomic mass is 19.2. The van der Waals surface area contributed by atoms with E-state index in [-0.39, 0.29) is 24.3 Å². The van der Waals surface area contributed by atoms with E-state index in [1.807, 2.05) is 50.5 Å². The number of fused-ring (bicyclic) bond motifs is 1. The average molecular weight is 520 g/mol. The van der Waals surface area contributed by atoms with E-state index in [4.69, 9.17) is 4.74 Å². The van der Waals surface area contributed by atoms with Crippen LogP contribution in [0.5, 0.6) is 0 Å². The number of esters is 1. The number of ether oxygens (including phenoxy) is 1. The van der Waals surface area contributed by atoms with Crippen LogP contribution in [-0.2, 0) is 17.8 Å². The van der Waals surface area contributed by atoms with Crippen LogP contribution in [0.1, 0.15) is 71.3 Å². The van der Waals surface area contributed by atoms with Gasteiger partial charge in [-0.15, -0.1) is 0 Å². The van der Waals surface area contributed by atoms with Crippen LogP contribution in [0.2, 0.25) is 0 Å². The van der Waals surface area contributed by atoms with Gasteiger partial charge in [0.05, 0.1) is 35.5 Å². The number of pyridine rings is 1. The molecule has 8 heteroatoms. The van der Waals surface area contributed by atoms with E-state index in [0.717, 1.165) is 23.5 Å². The molecule has 0 bridgehead atoms. The number of nitrogens with zero attached hydrogens (tertiary/aromatic N) is 2. The highest BCUT2D eigenvalue weighted by Gasteiger charge is 2.26. The Labute approximate surface area is 220 Å². The summed E-state index contributed by atoms with van der Waals surface area (Å²) in [7, 11) is 0. The van der Waals surface area contributed by atoms with Gasteiger partial charge >= 0.3 is 5.97 Å². The van der Waals surface area contributed by atoms with Gasteiger partial charge in [0.15, 0.2) is 11.6 Å². The number of carbonyl (C=O) groups is 2. The quantitative estimate of drug-likeness (QED) is 0.266. The standard InChI is InChI=1S/C30H31F2N3O3/c1-18(2)17-38-30(37)21-9-10-23-26(14-21)35(16-22-7-5-6-12-33-22)28(19(3)4)27(23)29(36)34-15-20-8-11-24(31)25(32)13-20/h5-14,18-19H,15-17H2,1-4H3,(H,34,36). The van der Waals surface area contributed by atoms with Crippen LogP contribution in [0, 0.1) is 17.6 Å². The van der Waals surface area contributed by atoms with Crippen LogP contribution in [0.3, 0.4) is 0 Å². The monoisotopic (exact) mass is 519 g/mol. The van der Waals surface area contributed by atoms with Gasteiger partial charge in [0.2, 0.25) is 0 Å². The summed E-state index contributed by atoms with van der Waals surface area (Å²) in [6.45, 7) is 8.65. The van der Waals surface area contributed by atoms with Crippen molar-refractivity contribution in [3.8, 4) is 0 Å². The molecule has 0 aliphatic rings. The van der Waals surface area contributed by atoms with Gasteiger partial charge in [0, 0.05) is 23.8 Å². The molecule has 38 heavy (non-hydrogen) atoms. The maximum absolute atomic E-state index is 13.7. The molecule has 0 atom stereocenters. The van der Waals surface area contributed by atoms with Crippen molar-refractivity contribution >= 4 is 22.8 Å². The van der Waals surface area contributed by atoms with E-state index in [2.05, 4.69) is 10.3 Å². The predicted molar refractivity (Wildman–Crippen MR) is 142 cm³/mol. The number of aromatic nitrogens is 2. The molecule has 0 radical (unpaired) electrons. The molecule has 2 aromatic carbocycles. The third-order valence-corrected chi connectivity index (χ3v) is 6.15. The molecular weight excluding hydrogens is 488 g/mol. The molecule has 0 unspecified atom stereocenters. The minimum atomic E-state index is -0.969. The molecule has 0 fully saturated rings. The first kappa shape index (κ1) is 27.0. The van der Waals surface area contributed by atoms with Crippen LogP contribution >= 0.6 is 0 Å². The van der Waals surface area contributed by atoms with Crippen LogP contribution in [0.15, 0.2) is 60.8 Å². The summed E-state index contributed by atoms with van der Waals surface area (Å²) in [4.78, 5) is 30.8. The topological polar surface area (TPSA) is 73.2 Å². The molecule has 198 valence electrons. The van der Waals surface area contributed by atoms with Gasteiger partial charge in [-0.05, 0) is 53.8 Å². The summed E-state index contributed by atoms with van der Waals surface area (Å²) >= 11 is 0. The zero-order chi connectivity index (χ0) is 27.4. The van der Waals surface area contributed by atoms with E-state index in [0.29, 0.717) is 40.7 Å². The Hall–Kier alpha value is -4.07. The summed E-state index contributed by atoms with van der Waals surface area (Å²) in [5.41, 5.74) is 3.58. The molecule has 2 heterocycles. The Kier molecular flexibility index (Phi) is 8.20. The Balaban J connectivity index is 1.78. The van der Waals surface area contributed by atoms with E-state index in [1.165, 1.54) is 6.07 Å². The highest BCUT2D eigenvalue weighted by molar-refractivity contribution is 6.10. The molecule has 4 rings (SSSR count). The Morgan fingerprint density at radius 2 is 1.79 bits per heavy atom. The van der Waals surface area contributed by atoms with Crippen molar-refractivity contribution in [3.63, 3.8) is 0 Å². The maximum Gasteiger partial charge on any atom is 0.338 e. The number of carbonyl (C=O) groups excluding carboxylic acids is 2. The van der Waals surface area contributed by atoms with Crippen molar-refractivity contribution in [3.05, 3.63) is 101 Å². The second kappa shape index (κ2) is 11.5. The van der Waals surface area contributed by atoms with Gasteiger partial charge < -0.3 is 14.6 Å². The lowest BCUT2D eigenvalue weighted by atomic mass is 10.0. The van der Waals surface area contributed by atoms with Gasteiger partial charge in [-0.3, -0.25) is 9.78 Å². The number of halogens is 2. The van der Waals surface area contributed by atoms with Crippen molar-refractivity contribution < 1.29 is 23.1 Å². The molecule has 0 spiro atoms. The smallest absolute Gasteiger partial charge is 0.338 e. The molecule has 2 aromatic heterocycles. The van der Waals surface area contributed by atoms with Gasteiger partial charge in [-0.1, -0.05) is 45.9 Å². The van der Waals surface area contributed by atoms with Crippen molar-refractivity contribution in [2.24, 2.45) is 5.92 Å². The van der Waals surface area contributed by atoms with E-state index >= 15 is 0 Å². The predicted octanol–water partition coefficient (Wildman–Crippen LogP) is 6.23. The summed E-state index contributed by atoms with van der Waals surface area (Å²) in [6.07, 6.45) is 1.71. The number of nitrogens with one attached hydrogen (secondary N) is 1. The molecule has 0 saturated heterocycles. The molecule has 4 aromatic rings. The summed E-state index contributed by atoms with van der Waals surface area (Å²) in [5, 5.41) is 3.52. The Morgan fingerprint density at radius 1 is 1.00 bits per heavy atom. The van der Waals surface area contributed by atoms with Gasteiger partial charge in [0.1, 0.15) is 0 Å². The van der Waals surface area contributed by atoms with Crippen LogP contribution in [0.4, 0.5) is 8.78 Å². The normalized spacial score (nSPS) is 11.4. The lowest BCUT2D eigenvalue weighted by molar-refractivity contribution is 0.0459. The van der Waals surface area contributed by atoms with E-state index < -0.39 is 17.6 Å². The van der Waals surface area contributed by atoms with Crippen LogP contribution in [-0.4, -0.2) is 28.0 Å². The first-order chi connectivity index (χ1) is 18.2. The minimum Gasteiger partial charge on any atom is -0.462 e. The van der Waals surface area contributed by atoms with Crippen LogP contribution < -0.4 is 5.32 Å². The van der Waals surface area contributed by atoms with Crippen molar-refractivity contribution in [1.29, 1.82) is 0 Å². The van der Waals surface area contributed by atoms with Crippen molar-refractivity contribution in [2.75, 3.05) is 6.61 Å². The summed E-state index contributed by atoms with van der Waals surface area (Å²) in [5.74, 6) is -2.54. The molecule has 1 N–H and O–H groups in total. The third-order valence-electron chi connectivity index (χ3n) is 6.15. The number of benzene rings is 2. The number of hydrogen-bond acceptors (Lipinski definition) is 4. The largest absolute Gasteiger partial charge is 0.462 e. The van der Waals surface area contributed by atoms with Gasteiger partial charge in [0.25, 0.3) is 5.91 Å². The SMILES string of the molecule is CC(C)COC(=O)c1ccc2c(C(=O)NCc3ccc(F)c(F)c3)c(C(C)C)n(Cc3ccccn3)c2c1.